The molecule has 4 rings (SSSR count). The van der Waals surface area contributed by atoms with Gasteiger partial charge in [-0.05, 0) is 43.2 Å². The zero-order valence-corrected chi connectivity index (χ0v) is 26.3. The molecular weight excluding hydrogens is 604 g/mol. The van der Waals surface area contributed by atoms with E-state index in [2.05, 4.69) is 10.6 Å². The summed E-state index contributed by atoms with van der Waals surface area (Å²) in [5, 5.41) is 31.4. The van der Waals surface area contributed by atoms with Crippen LogP contribution in [0.1, 0.15) is 60.5 Å². The summed E-state index contributed by atoms with van der Waals surface area (Å²) in [4.78, 5) is 67.1. The normalized spacial score (nSPS) is 15.1. The van der Waals surface area contributed by atoms with Crippen molar-refractivity contribution in [2.45, 2.75) is 51.6 Å². The Morgan fingerprint density at radius 3 is 2.38 bits per heavy atom. The lowest BCUT2D eigenvalue weighted by molar-refractivity contribution is -0.133. The SMILES string of the molecule is CCCC(C(=O)NC=O)N1Cc2c(NC(=O)CCCC(=O)N3CCN(/C(=C/C(=N)c4ccccc4O)C(=N)N)CC3)cccc2C1=O. The van der Waals surface area contributed by atoms with E-state index < -0.39 is 11.9 Å². The van der Waals surface area contributed by atoms with Crippen molar-refractivity contribution in [3.8, 4) is 5.75 Å². The molecule has 0 aliphatic carbocycles. The first kappa shape index (κ1) is 34.3. The number of rotatable bonds is 14. The number of hydrogen-bond donors (Lipinski definition) is 6. The van der Waals surface area contributed by atoms with Crippen LogP contribution < -0.4 is 16.4 Å². The number of carbonyl (C=O) groups is 5. The number of nitrogens with two attached hydrogens (primary N) is 1. The number of nitrogens with zero attached hydrogens (tertiary/aromatic N) is 3. The maximum Gasteiger partial charge on any atom is 0.255 e. The fraction of sp³-hybridized carbons (Fsp3) is 0.364. The molecule has 0 radical (unpaired) electrons. The molecule has 7 N–H and O–H groups in total. The predicted octanol–water partition coefficient (Wildman–Crippen LogP) is 1.93. The summed E-state index contributed by atoms with van der Waals surface area (Å²) >= 11 is 0. The Labute approximate surface area is 272 Å². The topological polar surface area (TPSA) is 213 Å². The third-order valence-corrected chi connectivity index (χ3v) is 8.23. The van der Waals surface area contributed by atoms with E-state index in [0.717, 1.165) is 0 Å². The molecule has 1 saturated heterocycles. The maximum absolute atomic E-state index is 13.1. The Kier molecular flexibility index (Phi) is 11.4. The number of nitrogens with one attached hydrogen (secondary N) is 4. The van der Waals surface area contributed by atoms with Gasteiger partial charge in [0.1, 0.15) is 17.6 Å². The lowest BCUT2D eigenvalue weighted by Crippen LogP contribution is -2.49. The van der Waals surface area contributed by atoms with Crippen molar-refractivity contribution < 1.29 is 29.1 Å². The Hall–Kier alpha value is -5.53. The fourth-order valence-electron chi connectivity index (χ4n) is 5.80. The summed E-state index contributed by atoms with van der Waals surface area (Å²) in [6.45, 7) is 3.55. The lowest BCUT2D eigenvalue weighted by Gasteiger charge is -2.37. The number of aromatic hydroxyl groups is 1. The van der Waals surface area contributed by atoms with Crippen molar-refractivity contribution >= 4 is 47.3 Å². The van der Waals surface area contributed by atoms with E-state index in [4.69, 9.17) is 16.6 Å². The summed E-state index contributed by atoms with van der Waals surface area (Å²) in [6, 6.07) is 10.6. The highest BCUT2D eigenvalue weighted by Crippen LogP contribution is 2.32. The number of hydrogen-bond acceptors (Lipinski definition) is 9. The molecule has 2 heterocycles. The minimum Gasteiger partial charge on any atom is -0.507 e. The molecule has 5 amide bonds. The molecule has 2 aliphatic heterocycles. The number of para-hydroxylation sites is 1. The number of anilines is 1. The molecule has 14 nitrogen and oxygen atoms in total. The first-order valence-electron chi connectivity index (χ1n) is 15.5. The smallest absolute Gasteiger partial charge is 0.255 e. The summed E-state index contributed by atoms with van der Waals surface area (Å²) < 4.78 is 0. The number of benzene rings is 2. The highest BCUT2D eigenvalue weighted by Gasteiger charge is 2.37. The second-order valence-electron chi connectivity index (χ2n) is 11.3. The second-order valence-corrected chi connectivity index (χ2v) is 11.3. The average Bonchev–Trinajstić information content (AvgIpc) is 3.39. The molecule has 0 bridgehead atoms. The maximum atomic E-state index is 13.1. The summed E-state index contributed by atoms with van der Waals surface area (Å²) in [5.41, 5.74) is 7.92. The largest absolute Gasteiger partial charge is 0.507 e. The highest BCUT2D eigenvalue weighted by atomic mass is 16.3. The van der Waals surface area contributed by atoms with Gasteiger partial charge >= 0.3 is 0 Å². The van der Waals surface area contributed by atoms with Gasteiger partial charge in [-0.3, -0.25) is 34.7 Å². The molecule has 1 fully saturated rings. The number of amidine groups is 1. The average molecular weight is 645 g/mol. The van der Waals surface area contributed by atoms with E-state index >= 15 is 0 Å². The number of piperazine rings is 1. The van der Waals surface area contributed by atoms with Gasteiger partial charge in [0.05, 0.1) is 11.4 Å². The standard InChI is InChI=1S/C33H40N8O6/c1-2-7-26(32(46)37-20-42)41-19-23-21(33(41)47)9-5-10-25(23)38-29(44)12-6-13-30(45)40-16-14-39(15-17-40)27(31(35)36)18-24(34)22-8-3-4-11-28(22)43/h3-5,8-11,18,20,26,34,43H,2,6-7,12-17,19H2,1H3,(H3,35,36)(H,38,44)(H,37,42,46)/b27-18+,34-24?. The zero-order valence-electron chi connectivity index (χ0n) is 26.3. The number of phenols is 1. The molecule has 1 unspecified atom stereocenters. The minimum absolute atomic E-state index is 0.0112. The third-order valence-electron chi connectivity index (χ3n) is 8.23. The number of allylic oxidation sites excluding steroid dienone is 1. The van der Waals surface area contributed by atoms with Gasteiger partial charge in [-0.15, -0.1) is 0 Å². The molecule has 47 heavy (non-hydrogen) atoms. The number of imide groups is 1. The quantitative estimate of drug-likeness (QED) is 0.101. The van der Waals surface area contributed by atoms with Crippen molar-refractivity contribution in [1.29, 1.82) is 10.8 Å². The Morgan fingerprint density at radius 1 is 1.02 bits per heavy atom. The van der Waals surface area contributed by atoms with E-state index in [1.54, 1.807) is 41.3 Å². The summed E-state index contributed by atoms with van der Waals surface area (Å²) in [6.07, 6.45) is 3.29. The molecule has 1 atom stereocenters. The van der Waals surface area contributed by atoms with Crippen LogP contribution in [0.25, 0.3) is 0 Å². The van der Waals surface area contributed by atoms with Crippen LogP contribution in [-0.2, 0) is 25.7 Å². The van der Waals surface area contributed by atoms with Crippen LogP contribution >= 0.6 is 0 Å². The van der Waals surface area contributed by atoms with Gasteiger partial charge in [-0.25, -0.2) is 0 Å². The molecule has 2 aromatic carbocycles. The number of phenolic OH excluding ortho intramolecular Hbond substituents is 1. The summed E-state index contributed by atoms with van der Waals surface area (Å²) in [5.74, 6) is -1.59. The van der Waals surface area contributed by atoms with Crippen LogP contribution in [0.3, 0.4) is 0 Å². The van der Waals surface area contributed by atoms with Gasteiger partial charge in [0, 0.05) is 67.9 Å². The van der Waals surface area contributed by atoms with Crippen LogP contribution in [0.4, 0.5) is 5.69 Å². The zero-order chi connectivity index (χ0) is 34.1. The van der Waals surface area contributed by atoms with Crippen LogP contribution in [0.2, 0.25) is 0 Å². The van der Waals surface area contributed by atoms with Crippen molar-refractivity contribution in [3.05, 3.63) is 70.9 Å². The van der Waals surface area contributed by atoms with Crippen molar-refractivity contribution in [1.82, 2.24) is 20.0 Å². The molecule has 0 saturated carbocycles. The highest BCUT2D eigenvalue weighted by molar-refractivity contribution is 6.12. The van der Waals surface area contributed by atoms with Crippen molar-refractivity contribution in [2.24, 2.45) is 5.73 Å². The van der Waals surface area contributed by atoms with E-state index in [-0.39, 0.29) is 54.4 Å². The van der Waals surface area contributed by atoms with E-state index in [0.29, 0.717) is 79.9 Å². The van der Waals surface area contributed by atoms with E-state index in [9.17, 15) is 29.1 Å². The van der Waals surface area contributed by atoms with Crippen LogP contribution in [0, 0.1) is 10.8 Å². The van der Waals surface area contributed by atoms with E-state index in [1.165, 1.54) is 17.0 Å². The van der Waals surface area contributed by atoms with Crippen LogP contribution in [0.15, 0.2) is 54.2 Å². The second kappa shape index (κ2) is 15.7. The number of amides is 5. The molecule has 248 valence electrons. The van der Waals surface area contributed by atoms with Crippen LogP contribution in [0.5, 0.6) is 5.75 Å². The Balaban J connectivity index is 1.28. The monoisotopic (exact) mass is 644 g/mol. The molecule has 2 aromatic rings. The minimum atomic E-state index is -0.816. The Morgan fingerprint density at radius 2 is 1.72 bits per heavy atom. The molecule has 0 spiro atoms. The summed E-state index contributed by atoms with van der Waals surface area (Å²) in [7, 11) is 0. The molecule has 0 aromatic heterocycles. The predicted molar refractivity (Wildman–Crippen MR) is 175 cm³/mol. The number of fused-ring (bicyclic) bond motifs is 1. The van der Waals surface area contributed by atoms with Gasteiger partial charge in [0.25, 0.3) is 5.91 Å². The number of carbonyl (C=O) groups excluding carboxylic acids is 5. The van der Waals surface area contributed by atoms with Gasteiger partial charge in [0.2, 0.25) is 24.1 Å². The third kappa shape index (κ3) is 8.20. The van der Waals surface area contributed by atoms with Crippen LogP contribution in [-0.4, -0.2) is 93.6 Å². The van der Waals surface area contributed by atoms with Crippen molar-refractivity contribution in [2.75, 3.05) is 31.5 Å². The van der Waals surface area contributed by atoms with Gasteiger partial charge in [0.15, 0.2) is 0 Å². The lowest BCUT2D eigenvalue weighted by atomic mass is 10.1. The van der Waals surface area contributed by atoms with Gasteiger partial charge in [-0.2, -0.15) is 0 Å². The first-order valence-corrected chi connectivity index (χ1v) is 15.5. The fourth-order valence-corrected chi connectivity index (χ4v) is 5.80. The first-order chi connectivity index (χ1) is 22.5. The molecule has 2 aliphatic rings. The van der Waals surface area contributed by atoms with Gasteiger partial charge in [-0.1, -0.05) is 31.5 Å². The molecular formula is C33H40N8O6. The van der Waals surface area contributed by atoms with E-state index in [1.807, 2.05) is 11.8 Å². The Bertz CT molecular complexity index is 1600. The van der Waals surface area contributed by atoms with Gasteiger partial charge < -0.3 is 36.3 Å². The molecule has 14 heteroatoms. The van der Waals surface area contributed by atoms with Crippen molar-refractivity contribution in [3.63, 3.8) is 0 Å².